The largest absolute Gasteiger partial charge is 0.379 e. The van der Waals surface area contributed by atoms with Gasteiger partial charge in [-0.3, -0.25) is 19.1 Å². The van der Waals surface area contributed by atoms with Crippen molar-refractivity contribution in [2.45, 2.75) is 19.5 Å². The van der Waals surface area contributed by atoms with Gasteiger partial charge in [0.25, 0.3) is 5.56 Å². The molecule has 2 heterocycles. The Bertz CT molecular complexity index is 768. The van der Waals surface area contributed by atoms with Gasteiger partial charge in [-0.05, 0) is 19.1 Å². The number of ether oxygens (including phenoxy) is 1. The van der Waals surface area contributed by atoms with Gasteiger partial charge >= 0.3 is 0 Å². The predicted octanol–water partition coefficient (Wildman–Crippen LogP) is 0.233. The Morgan fingerprint density at radius 1 is 1.33 bits per heavy atom. The van der Waals surface area contributed by atoms with Crippen LogP contribution in [0.2, 0.25) is 0 Å². The van der Waals surface area contributed by atoms with Crippen LogP contribution < -0.4 is 10.9 Å². The topological polar surface area (TPSA) is 76.5 Å². The number of nitrogens with zero attached hydrogens (tertiary/aromatic N) is 3. The van der Waals surface area contributed by atoms with Gasteiger partial charge in [0, 0.05) is 25.7 Å². The first-order valence-corrected chi connectivity index (χ1v) is 8.17. The van der Waals surface area contributed by atoms with Crippen LogP contribution in [0.1, 0.15) is 6.92 Å². The van der Waals surface area contributed by atoms with E-state index < -0.39 is 0 Å². The van der Waals surface area contributed by atoms with E-state index in [4.69, 9.17) is 4.74 Å². The minimum absolute atomic E-state index is 0.0136. The summed E-state index contributed by atoms with van der Waals surface area (Å²) < 4.78 is 6.66. The highest BCUT2D eigenvalue weighted by Gasteiger charge is 2.16. The van der Waals surface area contributed by atoms with E-state index in [1.807, 2.05) is 13.0 Å². The number of carbonyl (C=O) groups is 1. The van der Waals surface area contributed by atoms with Crippen LogP contribution in [0, 0.1) is 0 Å². The van der Waals surface area contributed by atoms with Gasteiger partial charge in [-0.25, -0.2) is 4.98 Å². The lowest BCUT2D eigenvalue weighted by Gasteiger charge is -2.29. The highest BCUT2D eigenvalue weighted by atomic mass is 16.5. The molecular formula is C17H22N4O3. The van der Waals surface area contributed by atoms with E-state index in [0.29, 0.717) is 10.9 Å². The molecular weight excluding hydrogens is 308 g/mol. The maximum atomic E-state index is 12.4. The van der Waals surface area contributed by atoms with Crippen molar-refractivity contribution in [2.24, 2.45) is 0 Å². The maximum absolute atomic E-state index is 12.4. The van der Waals surface area contributed by atoms with Crippen molar-refractivity contribution in [3.05, 3.63) is 40.9 Å². The lowest BCUT2D eigenvalue weighted by molar-refractivity contribution is -0.122. The van der Waals surface area contributed by atoms with Gasteiger partial charge in [0.1, 0.15) is 6.54 Å². The molecule has 1 amide bonds. The van der Waals surface area contributed by atoms with E-state index in [-0.39, 0.29) is 24.1 Å². The predicted molar refractivity (Wildman–Crippen MR) is 90.9 cm³/mol. The monoisotopic (exact) mass is 330 g/mol. The third-order valence-corrected chi connectivity index (χ3v) is 4.09. The summed E-state index contributed by atoms with van der Waals surface area (Å²) in [5, 5.41) is 3.46. The Balaban J connectivity index is 1.60. The van der Waals surface area contributed by atoms with Crippen molar-refractivity contribution in [3.8, 4) is 0 Å². The third-order valence-electron chi connectivity index (χ3n) is 4.09. The maximum Gasteiger partial charge on any atom is 0.261 e. The lowest BCUT2D eigenvalue weighted by atomic mass is 10.2. The zero-order valence-electron chi connectivity index (χ0n) is 13.8. The molecule has 2 aromatic rings. The number of carbonyl (C=O) groups excluding carboxylic acids is 1. The molecule has 0 spiro atoms. The fraction of sp³-hybridized carbons (Fsp3) is 0.471. The van der Waals surface area contributed by atoms with Crippen LogP contribution in [0.3, 0.4) is 0 Å². The zero-order chi connectivity index (χ0) is 16.9. The van der Waals surface area contributed by atoms with Crippen molar-refractivity contribution < 1.29 is 9.53 Å². The van der Waals surface area contributed by atoms with E-state index in [1.165, 1.54) is 10.9 Å². The first-order valence-electron chi connectivity index (χ1n) is 8.17. The van der Waals surface area contributed by atoms with Crippen LogP contribution in [0.4, 0.5) is 0 Å². The SMILES string of the molecule is C[C@@H](CN1CCOCC1)NC(=O)Cn1cnc2ccccc2c1=O. The van der Waals surface area contributed by atoms with Crippen LogP contribution in [0.25, 0.3) is 10.9 Å². The average Bonchev–Trinajstić information content (AvgIpc) is 2.58. The number of morpholine rings is 1. The van der Waals surface area contributed by atoms with Gasteiger partial charge < -0.3 is 10.1 Å². The number of nitrogens with one attached hydrogen (secondary N) is 1. The lowest BCUT2D eigenvalue weighted by Crippen LogP contribution is -2.47. The first kappa shape index (κ1) is 16.6. The van der Waals surface area contributed by atoms with Gasteiger partial charge in [0.05, 0.1) is 30.4 Å². The van der Waals surface area contributed by atoms with Crippen molar-refractivity contribution >= 4 is 16.8 Å². The van der Waals surface area contributed by atoms with Crippen molar-refractivity contribution in [3.63, 3.8) is 0 Å². The minimum Gasteiger partial charge on any atom is -0.379 e. The molecule has 7 heteroatoms. The molecule has 128 valence electrons. The third kappa shape index (κ3) is 3.98. The van der Waals surface area contributed by atoms with Crippen LogP contribution in [-0.4, -0.2) is 59.2 Å². The summed E-state index contributed by atoms with van der Waals surface area (Å²) in [5.74, 6) is -0.185. The van der Waals surface area contributed by atoms with Gasteiger partial charge in [-0.2, -0.15) is 0 Å². The minimum atomic E-state index is -0.198. The molecule has 0 unspecified atom stereocenters. The highest BCUT2D eigenvalue weighted by Crippen LogP contribution is 2.04. The summed E-state index contributed by atoms with van der Waals surface area (Å²) in [6.45, 7) is 5.96. The number of hydrogen-bond donors (Lipinski definition) is 1. The number of fused-ring (bicyclic) bond motifs is 1. The molecule has 1 aromatic heterocycles. The summed E-state index contributed by atoms with van der Waals surface area (Å²) in [4.78, 5) is 31.1. The number of rotatable bonds is 5. The fourth-order valence-corrected chi connectivity index (χ4v) is 2.91. The number of para-hydroxylation sites is 1. The van der Waals surface area contributed by atoms with E-state index in [2.05, 4.69) is 15.2 Å². The Hall–Kier alpha value is -2.25. The number of aromatic nitrogens is 2. The number of hydrogen-bond acceptors (Lipinski definition) is 5. The van der Waals surface area contributed by atoms with Gasteiger partial charge in [-0.1, -0.05) is 12.1 Å². The smallest absolute Gasteiger partial charge is 0.261 e. The summed E-state index contributed by atoms with van der Waals surface area (Å²) in [6.07, 6.45) is 1.43. The fourth-order valence-electron chi connectivity index (χ4n) is 2.91. The second kappa shape index (κ2) is 7.55. The average molecular weight is 330 g/mol. The Labute approximate surface area is 140 Å². The molecule has 24 heavy (non-hydrogen) atoms. The van der Waals surface area contributed by atoms with Gasteiger partial charge in [-0.15, -0.1) is 0 Å². The second-order valence-corrected chi connectivity index (χ2v) is 6.08. The van der Waals surface area contributed by atoms with Gasteiger partial charge in [0.15, 0.2) is 0 Å². The zero-order valence-corrected chi connectivity index (χ0v) is 13.8. The van der Waals surface area contributed by atoms with Gasteiger partial charge in [0.2, 0.25) is 5.91 Å². The second-order valence-electron chi connectivity index (χ2n) is 6.08. The van der Waals surface area contributed by atoms with Crippen LogP contribution in [-0.2, 0) is 16.1 Å². The molecule has 0 bridgehead atoms. The summed E-state index contributed by atoms with van der Waals surface area (Å²) in [6, 6.07) is 7.14. The van der Waals surface area contributed by atoms with Crippen LogP contribution >= 0.6 is 0 Å². The molecule has 1 aliphatic rings. The summed E-state index contributed by atoms with van der Waals surface area (Å²) in [5.41, 5.74) is 0.441. The number of amides is 1. The van der Waals surface area contributed by atoms with E-state index in [9.17, 15) is 9.59 Å². The van der Waals surface area contributed by atoms with Crippen molar-refractivity contribution in [1.82, 2.24) is 19.8 Å². The number of benzene rings is 1. The molecule has 3 rings (SSSR count). The molecule has 0 radical (unpaired) electrons. The molecule has 0 saturated carbocycles. The molecule has 1 atom stereocenters. The van der Waals surface area contributed by atoms with Crippen molar-refractivity contribution in [2.75, 3.05) is 32.8 Å². The van der Waals surface area contributed by atoms with E-state index >= 15 is 0 Å². The van der Waals surface area contributed by atoms with E-state index in [0.717, 1.165) is 32.8 Å². The molecule has 7 nitrogen and oxygen atoms in total. The molecule has 1 N–H and O–H groups in total. The quantitative estimate of drug-likeness (QED) is 0.849. The highest BCUT2D eigenvalue weighted by molar-refractivity contribution is 5.78. The summed E-state index contributed by atoms with van der Waals surface area (Å²) >= 11 is 0. The first-order chi connectivity index (χ1) is 11.6. The Kier molecular flexibility index (Phi) is 5.22. The molecule has 0 aliphatic carbocycles. The van der Waals surface area contributed by atoms with Crippen LogP contribution in [0.5, 0.6) is 0 Å². The van der Waals surface area contributed by atoms with Crippen molar-refractivity contribution in [1.29, 1.82) is 0 Å². The molecule has 1 aromatic carbocycles. The Morgan fingerprint density at radius 2 is 2.08 bits per heavy atom. The van der Waals surface area contributed by atoms with Crippen LogP contribution in [0.15, 0.2) is 35.4 Å². The standard InChI is InChI=1S/C17H22N4O3/c1-13(10-20-6-8-24-9-7-20)19-16(22)11-21-12-18-15-5-3-2-4-14(15)17(21)23/h2-5,12-13H,6-11H2,1H3,(H,19,22)/t13-/m0/s1. The molecule has 1 fully saturated rings. The Morgan fingerprint density at radius 3 is 2.88 bits per heavy atom. The normalized spacial score (nSPS) is 16.9. The molecule has 1 saturated heterocycles. The van der Waals surface area contributed by atoms with E-state index in [1.54, 1.807) is 18.2 Å². The summed E-state index contributed by atoms with van der Waals surface area (Å²) in [7, 11) is 0. The molecule has 1 aliphatic heterocycles.